The van der Waals surface area contributed by atoms with Gasteiger partial charge in [-0.15, -0.1) is 6.42 Å². The zero-order chi connectivity index (χ0) is 68.5. The van der Waals surface area contributed by atoms with Crippen molar-refractivity contribution in [2.75, 3.05) is 49.1 Å². The first-order chi connectivity index (χ1) is 48.2. The van der Waals surface area contributed by atoms with Crippen LogP contribution in [0, 0.1) is 63.6 Å². The molecule has 4 fully saturated rings. The minimum absolute atomic E-state index is 0.106. The minimum Gasteiger partial charge on any atom is -0.0622 e. The molecule has 0 saturated carbocycles. The zero-order valence-corrected chi connectivity index (χ0v) is 60.8. The Morgan fingerprint density at radius 1 is 0.469 bits per heavy atom. The molecule has 0 N–H and O–H groups in total. The van der Waals surface area contributed by atoms with Gasteiger partial charge >= 0.3 is 35.0 Å². The molecule has 492 valence electrons. The summed E-state index contributed by atoms with van der Waals surface area (Å²) in [6.07, 6.45) is 18.8. The smallest absolute Gasteiger partial charge is 0.0134 e. The molecule has 0 radical (unpaired) electrons. The monoisotopic (exact) mass is 1560 g/mol. The van der Waals surface area contributed by atoms with E-state index in [9.17, 15) is 5.26 Å². The second-order valence-corrected chi connectivity index (χ2v) is 30.7. The standard InChI is InChI=1S/C22H20N6.2C18H15P.C15H17N5.C7H4IN.2ClH.Pd/c1-24-18-5-2-4-17(14-18)8-9-19-6-3-7-20-16-27(12-13-28(19)20)22-21(15-23)25-10-11-26-22;2*1-4-10-16(11-5-1)19(17-12-6-2-7-13-17)18-14-8-3-9-15-18;1-2-12-4-3-5-13-11-19(8-9-20(12)13)15-14(10-16)17-6-7-18-15;1-9-7-4-2-3-6(8)5-7;;;/h2,4-5,10-11,14,19-20H,3,6-7,12-13,16H2;2*1-15H;1,6-7,12-13H,3-5,8-9,11H2;2-5H;2*1H;/q;;;;;;;+2/p-2/t19-,20+;;;12-,13-;;;;/m1..0..../s1. The molecule has 12 nitrogen and oxygen atoms in total. The largest absolute Gasteiger partial charge is 0.0622 e. The molecule has 4 aliphatic rings. The van der Waals surface area contributed by atoms with Gasteiger partial charge in [0.25, 0.3) is 0 Å². The van der Waals surface area contributed by atoms with E-state index < -0.39 is 15.8 Å². The Balaban J connectivity index is 0.000000146. The van der Waals surface area contributed by atoms with Crippen molar-refractivity contribution in [1.82, 2.24) is 29.7 Å². The zero-order valence-electron chi connectivity index (χ0n) is 53.8. The molecule has 2 aromatic heterocycles. The van der Waals surface area contributed by atoms with Crippen LogP contribution in [-0.4, -0.2) is 93.2 Å². The number of nitrogens with zero attached hydrogens (tertiary/aromatic N) is 12. The number of anilines is 2. The number of hydrogen-bond donors (Lipinski definition) is 0. The van der Waals surface area contributed by atoms with E-state index in [2.05, 4.69) is 284 Å². The number of rotatable bonds is 8. The Morgan fingerprint density at radius 3 is 1.18 bits per heavy atom. The van der Waals surface area contributed by atoms with Gasteiger partial charge in [-0.1, -0.05) is 230 Å². The van der Waals surface area contributed by atoms with Crippen LogP contribution in [0.15, 0.2) is 255 Å². The Labute approximate surface area is 610 Å². The first-order valence-electron chi connectivity index (χ1n) is 32.0. The molecule has 0 bridgehead atoms. The van der Waals surface area contributed by atoms with Crippen LogP contribution in [0.4, 0.5) is 23.0 Å². The fourth-order valence-corrected chi connectivity index (χ4v) is 17.4. The molecule has 0 unspecified atom stereocenters. The second kappa shape index (κ2) is 40.3. The summed E-state index contributed by atoms with van der Waals surface area (Å²) in [6, 6.07) is 85.3. The van der Waals surface area contributed by atoms with Gasteiger partial charge in [0, 0.05) is 85.3 Å². The number of piperidine rings is 2. The fourth-order valence-electron chi connectivity index (χ4n) is 12.2. The number of aromatic nitrogens is 4. The quantitative estimate of drug-likeness (QED) is 0.0478. The predicted octanol–water partition coefficient (Wildman–Crippen LogP) is 15.1. The number of fused-ring (bicyclic) bond motifs is 2. The topological polar surface area (TPSA) is 121 Å². The summed E-state index contributed by atoms with van der Waals surface area (Å²) in [5.41, 5.74) is 3.03. The van der Waals surface area contributed by atoms with Gasteiger partial charge in [0.15, 0.2) is 34.4 Å². The van der Waals surface area contributed by atoms with Gasteiger partial charge < -0.3 is 9.80 Å². The van der Waals surface area contributed by atoms with E-state index in [1.54, 1.807) is 36.9 Å². The molecule has 4 aliphatic heterocycles. The summed E-state index contributed by atoms with van der Waals surface area (Å²) in [7, 11) is 8.74. The molecular formula is C80H71Cl2IN12P2Pd. The van der Waals surface area contributed by atoms with E-state index in [0.717, 1.165) is 80.5 Å². The summed E-state index contributed by atoms with van der Waals surface area (Å²) in [6.45, 7) is 19.0. The third-order valence-electron chi connectivity index (χ3n) is 16.6. The maximum atomic E-state index is 9.31. The van der Waals surface area contributed by atoms with Gasteiger partial charge in [-0.3, -0.25) is 9.80 Å². The van der Waals surface area contributed by atoms with Gasteiger partial charge in [0.05, 0.1) is 25.2 Å². The molecule has 10 aromatic rings. The molecule has 0 amide bonds. The van der Waals surface area contributed by atoms with Crippen molar-refractivity contribution < 1.29 is 15.9 Å². The summed E-state index contributed by atoms with van der Waals surface area (Å²) in [4.78, 5) is 33.0. The Bertz CT molecular complexity index is 4070. The average Bonchev–Trinajstić information content (AvgIpc) is 0.808. The van der Waals surface area contributed by atoms with Gasteiger partial charge in [-0.25, -0.2) is 29.6 Å². The summed E-state index contributed by atoms with van der Waals surface area (Å²) < 4.78 is 1.11. The number of terminal acetylenes is 1. The van der Waals surface area contributed by atoms with Crippen LogP contribution in [-0.2, 0) is 15.9 Å². The maximum absolute atomic E-state index is 9.31. The van der Waals surface area contributed by atoms with E-state index in [1.807, 2.05) is 36.4 Å². The molecule has 18 heteroatoms. The Hall–Kier alpha value is -8.65. The number of halogens is 3. The first-order valence-corrected chi connectivity index (χ1v) is 39.8. The molecule has 4 atom stereocenters. The van der Waals surface area contributed by atoms with E-state index in [-0.39, 0.29) is 28.0 Å². The van der Waals surface area contributed by atoms with Crippen LogP contribution in [0.5, 0.6) is 0 Å². The first kappa shape index (κ1) is 73.6. The number of piperazine rings is 2. The van der Waals surface area contributed by atoms with Crippen LogP contribution < -0.4 is 41.6 Å². The van der Waals surface area contributed by atoms with Crippen molar-refractivity contribution in [3.8, 4) is 36.3 Å². The van der Waals surface area contributed by atoms with Gasteiger partial charge in [0.1, 0.15) is 12.1 Å². The Kier molecular flexibility index (Phi) is 30.3. The van der Waals surface area contributed by atoms with Crippen molar-refractivity contribution in [2.45, 2.75) is 62.7 Å². The van der Waals surface area contributed by atoms with Crippen LogP contribution in [0.3, 0.4) is 0 Å². The summed E-state index contributed by atoms with van der Waals surface area (Å²) >= 11 is 2.08. The molecule has 6 heterocycles. The number of hydrogen-bond acceptors (Lipinski definition) is 10. The van der Waals surface area contributed by atoms with Gasteiger partial charge in [0.2, 0.25) is 0 Å². The SMILES string of the molecule is C#C[C@H]1CCC[C@H]2CN(c3nccnc3C#N)CCN21.[C-]#[N+]c1cccc(C#C[C@H]2CCC[C@H]3CN(c4nccnc4C#N)CCN32)c1.[C-]#[N+]c1cccc(I)c1.[Cl][Pd][Cl].c1ccc(P(c2ccccc2)c2ccccc2)cc1.c1ccc(P(c2ccccc2)c2ccccc2)cc1. The molecular weight excluding hydrogens is 1500 g/mol. The molecule has 0 spiro atoms. The molecule has 4 saturated heterocycles. The fraction of sp³-hybridized carbons (Fsp3) is 0.200. The minimum atomic E-state index is -0.446. The van der Waals surface area contributed by atoms with Crippen molar-refractivity contribution in [3.63, 3.8) is 0 Å². The van der Waals surface area contributed by atoms with Crippen LogP contribution in [0.25, 0.3) is 9.69 Å². The van der Waals surface area contributed by atoms with Crippen molar-refractivity contribution in [3.05, 3.63) is 299 Å². The van der Waals surface area contributed by atoms with Crippen LogP contribution >= 0.6 is 57.5 Å². The third kappa shape index (κ3) is 21.4. The summed E-state index contributed by atoms with van der Waals surface area (Å²) in [5, 5.41) is 26.8. The predicted molar refractivity (Wildman–Crippen MR) is 410 cm³/mol. The average molecular weight is 1570 g/mol. The van der Waals surface area contributed by atoms with Crippen molar-refractivity contribution >= 4 is 112 Å². The molecule has 8 aromatic carbocycles. The van der Waals surface area contributed by atoms with Crippen molar-refractivity contribution in [2.24, 2.45) is 0 Å². The van der Waals surface area contributed by atoms with E-state index in [1.165, 1.54) is 38.2 Å². The maximum Gasteiger partial charge on any atom is -0.0134 e. The van der Waals surface area contributed by atoms with E-state index in [4.69, 9.17) is 43.9 Å². The third-order valence-corrected chi connectivity index (χ3v) is 22.2. The summed E-state index contributed by atoms with van der Waals surface area (Å²) in [5.74, 6) is 11.0. The normalized spacial score (nSPS) is 16.7. The van der Waals surface area contributed by atoms with Gasteiger partial charge in [-0.05, 0) is 127 Å². The van der Waals surface area contributed by atoms with Crippen LogP contribution in [0.2, 0.25) is 0 Å². The Morgan fingerprint density at radius 2 is 0.827 bits per heavy atom. The molecule has 14 rings (SSSR count). The second-order valence-electron chi connectivity index (χ2n) is 22.7. The van der Waals surface area contributed by atoms with Crippen molar-refractivity contribution in [1.29, 1.82) is 10.5 Å². The van der Waals surface area contributed by atoms with E-state index >= 15 is 0 Å². The van der Waals surface area contributed by atoms with Crippen LogP contribution in [0.1, 0.15) is 55.5 Å². The molecule has 0 aliphatic carbocycles. The van der Waals surface area contributed by atoms with E-state index in [0.29, 0.717) is 46.5 Å². The van der Waals surface area contributed by atoms with Gasteiger partial charge in [-0.2, -0.15) is 10.5 Å². The molecule has 98 heavy (non-hydrogen) atoms. The number of benzene rings is 8. The number of nitriles is 2.